The summed E-state index contributed by atoms with van der Waals surface area (Å²) in [5.74, 6) is -1.36. The number of methoxy groups -OCH3 is 1. The number of imide groups is 1. The Morgan fingerprint density at radius 3 is 2.32 bits per heavy atom. The maximum absolute atomic E-state index is 12.6. The van der Waals surface area contributed by atoms with Crippen LogP contribution in [-0.2, 0) is 9.59 Å². The molecule has 0 spiro atoms. The number of carboxylic acids is 1. The van der Waals surface area contributed by atoms with Crippen LogP contribution in [0.4, 0.5) is 11.4 Å². The molecule has 1 aliphatic rings. The van der Waals surface area contributed by atoms with E-state index in [1.807, 2.05) is 0 Å². The SMILES string of the molecule is COc1ccc(N[C@H]2CC(=O)N(c3ccc(C(=O)[O-])cc3)C2=O)cc1. The van der Waals surface area contributed by atoms with Gasteiger partial charge in [-0.25, -0.2) is 4.90 Å². The number of amides is 2. The van der Waals surface area contributed by atoms with E-state index in [0.717, 1.165) is 4.90 Å². The molecule has 2 aromatic rings. The first-order valence-electron chi connectivity index (χ1n) is 7.58. The third-order valence-electron chi connectivity index (χ3n) is 3.94. The van der Waals surface area contributed by atoms with Gasteiger partial charge in [-0.05, 0) is 42.0 Å². The van der Waals surface area contributed by atoms with E-state index >= 15 is 0 Å². The number of carboxylic acid groups (broad SMARTS) is 1. The summed E-state index contributed by atoms with van der Waals surface area (Å²) in [5, 5.41) is 13.8. The van der Waals surface area contributed by atoms with Crippen molar-refractivity contribution in [2.75, 3.05) is 17.3 Å². The van der Waals surface area contributed by atoms with Crippen molar-refractivity contribution >= 4 is 29.2 Å². The highest BCUT2D eigenvalue weighted by atomic mass is 16.5. The zero-order chi connectivity index (χ0) is 18.0. The van der Waals surface area contributed by atoms with Crippen LogP contribution in [0.15, 0.2) is 48.5 Å². The number of carbonyl (C=O) groups excluding carboxylic acids is 3. The molecule has 128 valence electrons. The molecule has 7 heteroatoms. The maximum atomic E-state index is 12.6. The van der Waals surface area contributed by atoms with Crippen LogP contribution < -0.4 is 20.1 Å². The Hall–Kier alpha value is -3.35. The molecule has 1 N–H and O–H groups in total. The van der Waals surface area contributed by atoms with Crippen LogP contribution >= 0.6 is 0 Å². The van der Waals surface area contributed by atoms with Crippen LogP contribution in [0.1, 0.15) is 16.8 Å². The normalized spacial score (nSPS) is 16.8. The third-order valence-corrected chi connectivity index (χ3v) is 3.94. The molecule has 0 aliphatic carbocycles. The monoisotopic (exact) mass is 339 g/mol. The van der Waals surface area contributed by atoms with Crippen LogP contribution in [-0.4, -0.2) is 30.9 Å². The van der Waals surface area contributed by atoms with E-state index in [-0.39, 0.29) is 23.8 Å². The van der Waals surface area contributed by atoms with Crippen LogP contribution in [0.2, 0.25) is 0 Å². The van der Waals surface area contributed by atoms with Crippen molar-refractivity contribution in [3.63, 3.8) is 0 Å². The number of benzene rings is 2. The van der Waals surface area contributed by atoms with E-state index in [4.69, 9.17) is 4.74 Å². The average Bonchev–Trinajstić information content (AvgIpc) is 2.89. The van der Waals surface area contributed by atoms with Gasteiger partial charge in [-0.2, -0.15) is 0 Å². The molecule has 0 aromatic heterocycles. The third kappa shape index (κ3) is 3.30. The number of ether oxygens (including phenoxy) is 1. The lowest BCUT2D eigenvalue weighted by molar-refractivity contribution is -0.255. The summed E-state index contributed by atoms with van der Waals surface area (Å²) in [5.41, 5.74) is 1.01. The van der Waals surface area contributed by atoms with Crippen LogP contribution in [0.25, 0.3) is 0 Å². The van der Waals surface area contributed by atoms with Gasteiger partial charge in [-0.3, -0.25) is 9.59 Å². The highest BCUT2D eigenvalue weighted by molar-refractivity contribution is 6.23. The number of rotatable bonds is 5. The van der Waals surface area contributed by atoms with Crippen molar-refractivity contribution in [2.24, 2.45) is 0 Å². The first-order chi connectivity index (χ1) is 12.0. The minimum absolute atomic E-state index is 0.0178. The summed E-state index contributed by atoms with van der Waals surface area (Å²) < 4.78 is 5.08. The van der Waals surface area contributed by atoms with Crippen molar-refractivity contribution < 1.29 is 24.2 Å². The van der Waals surface area contributed by atoms with Crippen LogP contribution in [0.5, 0.6) is 5.75 Å². The minimum Gasteiger partial charge on any atom is -0.545 e. The summed E-state index contributed by atoms with van der Waals surface area (Å²) in [6.07, 6.45) is 0.0209. The standard InChI is InChI=1S/C18H16N2O5/c1-25-14-8-4-12(5-9-14)19-15-10-16(21)20(17(15)22)13-6-2-11(3-7-13)18(23)24/h2-9,15,19H,10H2,1H3,(H,23,24)/p-1/t15-/m0/s1. The second kappa shape index (κ2) is 6.64. The van der Waals surface area contributed by atoms with Gasteiger partial charge in [0.15, 0.2) is 0 Å². The Kier molecular flexibility index (Phi) is 4.38. The Morgan fingerprint density at radius 1 is 1.12 bits per heavy atom. The molecule has 1 heterocycles. The van der Waals surface area contributed by atoms with E-state index < -0.39 is 12.0 Å². The number of nitrogens with zero attached hydrogens (tertiary/aromatic N) is 1. The Balaban J connectivity index is 1.76. The first-order valence-corrected chi connectivity index (χ1v) is 7.58. The summed E-state index contributed by atoms with van der Waals surface area (Å²) >= 11 is 0. The molecule has 1 fully saturated rings. The number of hydrogen-bond acceptors (Lipinski definition) is 6. The molecule has 7 nitrogen and oxygen atoms in total. The lowest BCUT2D eigenvalue weighted by atomic mass is 10.2. The van der Waals surface area contributed by atoms with Crippen molar-refractivity contribution in [3.05, 3.63) is 54.1 Å². The second-order valence-corrected chi connectivity index (χ2v) is 5.53. The minimum atomic E-state index is -1.32. The molecule has 0 unspecified atom stereocenters. The number of aromatic carboxylic acids is 1. The zero-order valence-corrected chi connectivity index (χ0v) is 13.4. The van der Waals surface area contributed by atoms with Crippen molar-refractivity contribution in [1.82, 2.24) is 0 Å². The summed E-state index contributed by atoms with van der Waals surface area (Å²) in [4.78, 5) is 36.6. The van der Waals surface area contributed by atoms with Gasteiger partial charge >= 0.3 is 0 Å². The Labute approximate surface area is 143 Å². The van der Waals surface area contributed by atoms with Crippen molar-refractivity contribution in [2.45, 2.75) is 12.5 Å². The fourth-order valence-electron chi connectivity index (χ4n) is 2.65. The second-order valence-electron chi connectivity index (χ2n) is 5.53. The van der Waals surface area contributed by atoms with Gasteiger partial charge in [0.1, 0.15) is 11.8 Å². The molecule has 0 bridgehead atoms. The van der Waals surface area contributed by atoms with E-state index in [1.54, 1.807) is 31.4 Å². The number of anilines is 2. The van der Waals surface area contributed by atoms with Gasteiger partial charge in [0.25, 0.3) is 5.91 Å². The number of nitrogens with one attached hydrogen (secondary N) is 1. The quantitative estimate of drug-likeness (QED) is 0.809. The molecule has 1 saturated heterocycles. The molecule has 0 saturated carbocycles. The molecule has 3 rings (SSSR count). The smallest absolute Gasteiger partial charge is 0.256 e. The Morgan fingerprint density at radius 2 is 1.76 bits per heavy atom. The lowest BCUT2D eigenvalue weighted by Gasteiger charge is -2.16. The van der Waals surface area contributed by atoms with Gasteiger partial charge in [-0.15, -0.1) is 0 Å². The predicted octanol–water partition coefficient (Wildman–Crippen LogP) is 0.803. The van der Waals surface area contributed by atoms with Gasteiger partial charge in [-0.1, -0.05) is 12.1 Å². The van der Waals surface area contributed by atoms with E-state index in [2.05, 4.69) is 5.32 Å². The molecule has 2 amide bonds. The van der Waals surface area contributed by atoms with Gasteiger partial charge in [0, 0.05) is 5.69 Å². The molecule has 1 atom stereocenters. The summed E-state index contributed by atoms with van der Waals surface area (Å²) in [6.45, 7) is 0. The molecular weight excluding hydrogens is 324 g/mol. The van der Waals surface area contributed by atoms with Gasteiger partial charge in [0.2, 0.25) is 5.91 Å². The highest BCUT2D eigenvalue weighted by Crippen LogP contribution is 2.26. The molecule has 1 aliphatic heterocycles. The molecule has 2 aromatic carbocycles. The zero-order valence-electron chi connectivity index (χ0n) is 13.4. The Bertz CT molecular complexity index is 814. The molecule has 25 heavy (non-hydrogen) atoms. The van der Waals surface area contributed by atoms with Gasteiger partial charge < -0.3 is 20.0 Å². The van der Waals surface area contributed by atoms with E-state index in [0.29, 0.717) is 17.1 Å². The highest BCUT2D eigenvalue weighted by Gasteiger charge is 2.39. The molecule has 0 radical (unpaired) electrons. The predicted molar refractivity (Wildman–Crippen MR) is 88.3 cm³/mol. The first kappa shape index (κ1) is 16.5. The van der Waals surface area contributed by atoms with E-state index in [9.17, 15) is 19.5 Å². The van der Waals surface area contributed by atoms with Crippen molar-refractivity contribution in [1.29, 1.82) is 0 Å². The maximum Gasteiger partial charge on any atom is 0.256 e. The van der Waals surface area contributed by atoms with Crippen LogP contribution in [0.3, 0.4) is 0 Å². The molecular formula is C18H15N2O5-. The number of carbonyl (C=O) groups is 3. The number of hydrogen-bond donors (Lipinski definition) is 1. The fraction of sp³-hybridized carbons (Fsp3) is 0.167. The van der Waals surface area contributed by atoms with E-state index in [1.165, 1.54) is 24.3 Å². The summed E-state index contributed by atoms with van der Waals surface area (Å²) in [6, 6.07) is 11.8. The van der Waals surface area contributed by atoms with Crippen molar-refractivity contribution in [3.8, 4) is 5.75 Å². The fourth-order valence-corrected chi connectivity index (χ4v) is 2.65. The topological polar surface area (TPSA) is 98.8 Å². The largest absolute Gasteiger partial charge is 0.545 e. The lowest BCUT2D eigenvalue weighted by Crippen LogP contribution is -2.34. The van der Waals surface area contributed by atoms with Crippen LogP contribution in [0, 0.1) is 0 Å². The van der Waals surface area contributed by atoms with Gasteiger partial charge in [0.05, 0.1) is 25.2 Å². The average molecular weight is 339 g/mol. The summed E-state index contributed by atoms with van der Waals surface area (Å²) in [7, 11) is 1.56.